The van der Waals surface area contributed by atoms with Gasteiger partial charge >= 0.3 is 0 Å². The Morgan fingerprint density at radius 1 is 1.43 bits per heavy atom. The minimum atomic E-state index is -0.105. The number of Topliss-reactive ketones (excluding diaryl/α,β-unsaturated/α-hetero) is 1. The van der Waals surface area contributed by atoms with Crippen molar-refractivity contribution in [1.29, 1.82) is 0 Å². The number of nitrogens with two attached hydrogens (primary N) is 1. The first-order valence-corrected chi connectivity index (χ1v) is 7.77. The second-order valence-electron chi connectivity index (χ2n) is 5.72. The topological polar surface area (TPSA) is 80.7 Å². The van der Waals surface area contributed by atoms with Crippen molar-refractivity contribution in [1.82, 2.24) is 9.58 Å². The van der Waals surface area contributed by atoms with Crippen LogP contribution in [-0.2, 0) is 6.54 Å². The van der Waals surface area contributed by atoms with Crippen LogP contribution in [0, 0.1) is 6.92 Å². The number of allylic oxidation sites excluding steroid dienone is 2. The second kappa shape index (κ2) is 5.96. The Morgan fingerprint density at radius 2 is 2.22 bits per heavy atom. The number of fused-ring (bicyclic) bond motifs is 1. The number of aliphatic imine (C=N–C) groups is 1. The van der Waals surface area contributed by atoms with Gasteiger partial charge in [-0.1, -0.05) is 19.1 Å². The van der Waals surface area contributed by atoms with Gasteiger partial charge in [0.1, 0.15) is 5.82 Å². The van der Waals surface area contributed by atoms with Gasteiger partial charge in [-0.15, -0.1) is 0 Å². The summed E-state index contributed by atoms with van der Waals surface area (Å²) < 4.78 is 1.70. The van der Waals surface area contributed by atoms with Crippen molar-refractivity contribution in [2.24, 2.45) is 10.8 Å². The van der Waals surface area contributed by atoms with Gasteiger partial charge in [0.25, 0.3) is 5.56 Å². The molecule has 23 heavy (non-hydrogen) atoms. The molecule has 1 aromatic heterocycles. The number of hydrogen-bond donors (Lipinski definition) is 1. The van der Waals surface area contributed by atoms with Crippen molar-refractivity contribution in [2.75, 3.05) is 6.54 Å². The predicted octanol–water partition coefficient (Wildman–Crippen LogP) is 1.53. The molecule has 2 N–H and O–H groups in total. The lowest BCUT2D eigenvalue weighted by Crippen LogP contribution is -2.31. The third-order valence-corrected chi connectivity index (χ3v) is 4.26. The Bertz CT molecular complexity index is 815. The normalized spacial score (nSPS) is 18.3. The molecule has 0 spiro atoms. The van der Waals surface area contributed by atoms with E-state index in [0.29, 0.717) is 42.9 Å². The standard InChI is InChI=1S/C17H20N4O2/c1-3-15(22)12-10-14-13(7-9-20(14)17(23)11(12)2)19-16-6-4-5-8-21(16)18/h4-6,10H,3,7-9,18H2,1-2H3/b19-13+. The van der Waals surface area contributed by atoms with Gasteiger partial charge in [-0.05, 0) is 19.1 Å². The number of ketones is 1. The van der Waals surface area contributed by atoms with Gasteiger partial charge in [0.15, 0.2) is 5.78 Å². The van der Waals surface area contributed by atoms with Crippen molar-refractivity contribution in [3.63, 3.8) is 0 Å². The van der Waals surface area contributed by atoms with E-state index in [1.807, 2.05) is 18.2 Å². The number of carbonyl (C=O) groups excluding carboxylic acids is 1. The maximum atomic E-state index is 12.5. The molecule has 0 aliphatic carbocycles. The molecule has 0 atom stereocenters. The summed E-state index contributed by atoms with van der Waals surface area (Å²) in [6.07, 6.45) is 6.73. The Kier molecular flexibility index (Phi) is 4.00. The first kappa shape index (κ1) is 15.4. The summed E-state index contributed by atoms with van der Waals surface area (Å²) in [5.74, 6) is 6.56. The molecule has 0 fully saturated rings. The fourth-order valence-electron chi connectivity index (χ4n) is 2.91. The average Bonchev–Trinajstić information content (AvgIpc) is 2.95. The molecule has 3 rings (SSSR count). The van der Waals surface area contributed by atoms with Crippen LogP contribution in [0.25, 0.3) is 0 Å². The minimum Gasteiger partial charge on any atom is -0.306 e. The first-order chi connectivity index (χ1) is 11.0. The zero-order valence-electron chi connectivity index (χ0n) is 13.4. The van der Waals surface area contributed by atoms with Crippen LogP contribution in [0.3, 0.4) is 0 Å². The zero-order valence-corrected chi connectivity index (χ0v) is 13.4. The monoisotopic (exact) mass is 312 g/mol. The van der Waals surface area contributed by atoms with Crippen molar-refractivity contribution >= 4 is 11.5 Å². The highest BCUT2D eigenvalue weighted by atomic mass is 16.1. The number of hydrogen-bond acceptors (Lipinski definition) is 5. The van der Waals surface area contributed by atoms with Gasteiger partial charge in [0.05, 0.1) is 18.0 Å². The Morgan fingerprint density at radius 3 is 2.91 bits per heavy atom. The molecule has 0 bridgehead atoms. The molecule has 0 unspecified atom stereocenters. The van der Waals surface area contributed by atoms with Gasteiger partial charge in [0, 0.05) is 30.5 Å². The molecule has 120 valence electrons. The number of nitrogens with zero attached hydrogens (tertiary/aromatic N) is 3. The Balaban J connectivity index is 2.11. The van der Waals surface area contributed by atoms with E-state index in [1.165, 1.54) is 0 Å². The first-order valence-electron chi connectivity index (χ1n) is 7.77. The van der Waals surface area contributed by atoms with Crippen LogP contribution in [-0.4, -0.2) is 27.6 Å². The molecule has 2 aliphatic rings. The maximum absolute atomic E-state index is 12.5. The SMILES string of the molecule is CCC(=O)c1cc2n(c(=O)c1C)CC/C2=N\C1=CC=CCN1N. The quantitative estimate of drug-likeness (QED) is 0.678. The zero-order chi connectivity index (χ0) is 16.6. The molecule has 0 saturated heterocycles. The summed E-state index contributed by atoms with van der Waals surface area (Å²) in [4.78, 5) is 29.2. The fraction of sp³-hybridized carbons (Fsp3) is 0.353. The van der Waals surface area contributed by atoms with Crippen molar-refractivity contribution in [3.8, 4) is 0 Å². The highest BCUT2D eigenvalue weighted by Crippen LogP contribution is 2.20. The molecule has 6 heteroatoms. The Hall–Kier alpha value is -2.47. The van der Waals surface area contributed by atoms with Crippen molar-refractivity contribution in [3.05, 3.63) is 57.3 Å². The van der Waals surface area contributed by atoms with Crippen LogP contribution in [0.2, 0.25) is 0 Å². The molecule has 6 nitrogen and oxygen atoms in total. The molecule has 0 amide bonds. The van der Waals surface area contributed by atoms with Gasteiger partial charge in [-0.2, -0.15) is 0 Å². The van der Waals surface area contributed by atoms with Crippen LogP contribution in [0.15, 0.2) is 39.9 Å². The molecule has 2 aliphatic heterocycles. The number of rotatable bonds is 3. The summed E-state index contributed by atoms with van der Waals surface area (Å²) in [7, 11) is 0. The maximum Gasteiger partial charge on any atom is 0.254 e. The summed E-state index contributed by atoms with van der Waals surface area (Å²) >= 11 is 0. The summed E-state index contributed by atoms with van der Waals surface area (Å²) in [6.45, 7) is 4.70. The summed E-state index contributed by atoms with van der Waals surface area (Å²) in [5.41, 5.74) is 2.43. The van der Waals surface area contributed by atoms with E-state index >= 15 is 0 Å². The lowest BCUT2D eigenvalue weighted by Gasteiger charge is -2.19. The van der Waals surface area contributed by atoms with Gasteiger partial charge in [0.2, 0.25) is 0 Å². The van der Waals surface area contributed by atoms with E-state index in [4.69, 9.17) is 5.84 Å². The van der Waals surface area contributed by atoms with Gasteiger partial charge < -0.3 is 4.57 Å². The highest BCUT2D eigenvalue weighted by Gasteiger charge is 2.24. The average molecular weight is 312 g/mol. The number of hydrazine groups is 1. The molecular formula is C17H20N4O2. The predicted molar refractivity (Wildman–Crippen MR) is 89.3 cm³/mol. The van der Waals surface area contributed by atoms with Crippen molar-refractivity contribution < 1.29 is 4.79 Å². The Labute approximate surface area is 134 Å². The molecule has 0 aromatic carbocycles. The van der Waals surface area contributed by atoms with E-state index in [-0.39, 0.29) is 11.3 Å². The number of carbonyl (C=O) groups is 1. The van der Waals surface area contributed by atoms with E-state index in [1.54, 1.807) is 29.5 Å². The molecule has 3 heterocycles. The molecule has 0 saturated carbocycles. The summed E-state index contributed by atoms with van der Waals surface area (Å²) in [6, 6.07) is 1.80. The lowest BCUT2D eigenvalue weighted by atomic mass is 10.0. The third kappa shape index (κ3) is 2.66. The third-order valence-electron chi connectivity index (χ3n) is 4.26. The smallest absolute Gasteiger partial charge is 0.254 e. The highest BCUT2D eigenvalue weighted by molar-refractivity contribution is 6.04. The van der Waals surface area contributed by atoms with E-state index in [0.717, 1.165) is 11.4 Å². The lowest BCUT2D eigenvalue weighted by molar-refractivity contribution is 0.0987. The van der Waals surface area contributed by atoms with Crippen LogP contribution in [0.1, 0.15) is 41.4 Å². The van der Waals surface area contributed by atoms with Gasteiger partial charge in [-0.25, -0.2) is 10.8 Å². The van der Waals surface area contributed by atoms with E-state index in [9.17, 15) is 9.59 Å². The van der Waals surface area contributed by atoms with Gasteiger partial charge in [-0.3, -0.25) is 14.6 Å². The van der Waals surface area contributed by atoms with E-state index in [2.05, 4.69) is 4.99 Å². The molecular weight excluding hydrogens is 292 g/mol. The fourth-order valence-corrected chi connectivity index (χ4v) is 2.91. The molecule has 0 radical (unpaired) electrons. The number of aromatic nitrogens is 1. The van der Waals surface area contributed by atoms with Crippen LogP contribution in [0.5, 0.6) is 0 Å². The minimum absolute atomic E-state index is 0.0190. The van der Waals surface area contributed by atoms with Crippen LogP contribution in [0.4, 0.5) is 0 Å². The largest absolute Gasteiger partial charge is 0.306 e. The van der Waals surface area contributed by atoms with E-state index < -0.39 is 0 Å². The van der Waals surface area contributed by atoms with Crippen molar-refractivity contribution in [2.45, 2.75) is 33.2 Å². The van der Waals surface area contributed by atoms with Crippen LogP contribution < -0.4 is 11.4 Å². The van der Waals surface area contributed by atoms with Crippen LogP contribution >= 0.6 is 0 Å². The molecule has 1 aromatic rings. The number of pyridine rings is 1. The summed E-state index contributed by atoms with van der Waals surface area (Å²) in [5, 5.41) is 1.56. The second-order valence-corrected chi connectivity index (χ2v) is 5.72.